The highest BCUT2D eigenvalue weighted by molar-refractivity contribution is 7.91. The summed E-state index contributed by atoms with van der Waals surface area (Å²) in [5.41, 5.74) is 1.37. The molecule has 1 aliphatic rings. The Hall–Kier alpha value is -1.77. The molecule has 1 atom stereocenters. The van der Waals surface area contributed by atoms with Crippen molar-refractivity contribution in [2.24, 2.45) is 0 Å². The van der Waals surface area contributed by atoms with Crippen LogP contribution in [-0.2, 0) is 9.84 Å². The van der Waals surface area contributed by atoms with Crippen molar-refractivity contribution in [3.05, 3.63) is 41.4 Å². The van der Waals surface area contributed by atoms with Gasteiger partial charge in [0.05, 0.1) is 11.5 Å². The van der Waals surface area contributed by atoms with E-state index in [-0.39, 0.29) is 23.5 Å². The van der Waals surface area contributed by atoms with Crippen LogP contribution in [0.2, 0.25) is 0 Å². The van der Waals surface area contributed by atoms with Crippen LogP contribution < -0.4 is 0 Å². The summed E-state index contributed by atoms with van der Waals surface area (Å²) in [5, 5.41) is 2.57. The van der Waals surface area contributed by atoms with Gasteiger partial charge >= 0.3 is 0 Å². The molecule has 2 aromatic rings. The molecule has 3 rings (SSSR count). The van der Waals surface area contributed by atoms with Crippen LogP contribution in [0.1, 0.15) is 30.8 Å². The zero-order valence-electron chi connectivity index (χ0n) is 16.4. The molecule has 1 aromatic heterocycles. The molecule has 0 spiro atoms. The lowest BCUT2D eigenvalue weighted by Crippen LogP contribution is -2.45. The second-order valence-corrected chi connectivity index (χ2v) is 10.1. The minimum absolute atomic E-state index is 0.0483. The van der Waals surface area contributed by atoms with Crippen molar-refractivity contribution >= 4 is 27.1 Å². The molecule has 1 unspecified atom stereocenters. The number of amides is 1. The van der Waals surface area contributed by atoms with E-state index in [9.17, 15) is 13.2 Å². The lowest BCUT2D eigenvalue weighted by atomic mass is 10.2. The predicted molar refractivity (Wildman–Crippen MR) is 113 cm³/mol. The summed E-state index contributed by atoms with van der Waals surface area (Å²) in [4.78, 5) is 21.7. The SMILES string of the molecule is CCN(CC)CCN(C(=O)c1csc(-c2ccccc2)n1)C1CCS(=O)(=O)C1. The Kier molecular flexibility index (Phi) is 6.85. The number of carbonyl (C=O) groups excluding carboxylic acids is 1. The zero-order chi connectivity index (χ0) is 20.1. The molecule has 1 amide bonds. The summed E-state index contributed by atoms with van der Waals surface area (Å²) in [6.07, 6.45) is 0.502. The summed E-state index contributed by atoms with van der Waals surface area (Å²) < 4.78 is 24.0. The number of likely N-dealkylation sites (N-methyl/N-ethyl adjacent to an activating group) is 1. The number of hydrogen-bond donors (Lipinski definition) is 0. The van der Waals surface area contributed by atoms with E-state index < -0.39 is 9.84 Å². The molecular formula is C20H27N3O3S2. The number of aromatic nitrogens is 1. The van der Waals surface area contributed by atoms with Gasteiger partial charge < -0.3 is 9.80 Å². The van der Waals surface area contributed by atoms with Crippen LogP contribution in [-0.4, -0.2) is 72.8 Å². The molecular weight excluding hydrogens is 394 g/mol. The first kappa shape index (κ1) is 21.0. The van der Waals surface area contributed by atoms with Crippen molar-refractivity contribution in [1.82, 2.24) is 14.8 Å². The molecule has 6 nitrogen and oxygen atoms in total. The largest absolute Gasteiger partial charge is 0.332 e. The second-order valence-electron chi connectivity index (χ2n) is 6.99. The highest BCUT2D eigenvalue weighted by Crippen LogP contribution is 2.25. The van der Waals surface area contributed by atoms with E-state index in [2.05, 4.69) is 23.7 Å². The highest BCUT2D eigenvalue weighted by Gasteiger charge is 2.35. The van der Waals surface area contributed by atoms with Gasteiger partial charge in [-0.1, -0.05) is 44.2 Å². The Labute approximate surface area is 171 Å². The van der Waals surface area contributed by atoms with Crippen LogP contribution in [0.4, 0.5) is 0 Å². The Balaban J connectivity index is 1.81. The molecule has 8 heteroatoms. The van der Waals surface area contributed by atoms with Gasteiger partial charge in [0, 0.05) is 30.1 Å². The molecule has 1 saturated heterocycles. The fraction of sp³-hybridized carbons (Fsp3) is 0.500. The van der Waals surface area contributed by atoms with Crippen LogP contribution in [0.3, 0.4) is 0 Å². The molecule has 0 aliphatic carbocycles. The lowest BCUT2D eigenvalue weighted by Gasteiger charge is -2.30. The third-order valence-corrected chi connectivity index (χ3v) is 7.85. The van der Waals surface area contributed by atoms with Crippen molar-refractivity contribution in [3.8, 4) is 10.6 Å². The Bertz CT molecular complexity index is 892. The quantitative estimate of drug-likeness (QED) is 0.655. The van der Waals surface area contributed by atoms with E-state index in [1.165, 1.54) is 11.3 Å². The number of benzene rings is 1. The summed E-state index contributed by atoms with van der Waals surface area (Å²) in [7, 11) is -3.07. The van der Waals surface area contributed by atoms with Gasteiger partial charge in [-0.05, 0) is 19.5 Å². The Morgan fingerprint density at radius 1 is 1.18 bits per heavy atom. The molecule has 0 radical (unpaired) electrons. The molecule has 0 saturated carbocycles. The number of sulfone groups is 1. The molecule has 28 heavy (non-hydrogen) atoms. The number of carbonyl (C=O) groups is 1. The first-order chi connectivity index (χ1) is 13.4. The maximum absolute atomic E-state index is 13.2. The zero-order valence-corrected chi connectivity index (χ0v) is 18.0. The normalized spacial score (nSPS) is 18.5. The molecule has 1 aliphatic heterocycles. The minimum Gasteiger partial charge on any atom is -0.332 e. The number of thiazole rings is 1. The first-order valence-electron chi connectivity index (χ1n) is 9.68. The molecule has 0 bridgehead atoms. The van der Waals surface area contributed by atoms with Gasteiger partial charge in [0.1, 0.15) is 10.7 Å². The van der Waals surface area contributed by atoms with Gasteiger partial charge in [-0.25, -0.2) is 13.4 Å². The Morgan fingerprint density at radius 3 is 2.50 bits per heavy atom. The Morgan fingerprint density at radius 2 is 1.89 bits per heavy atom. The minimum atomic E-state index is -3.07. The lowest BCUT2D eigenvalue weighted by molar-refractivity contribution is 0.0669. The van der Waals surface area contributed by atoms with E-state index >= 15 is 0 Å². The third-order valence-electron chi connectivity index (χ3n) is 5.21. The van der Waals surface area contributed by atoms with Crippen molar-refractivity contribution in [2.75, 3.05) is 37.7 Å². The third kappa shape index (κ3) is 4.98. The van der Waals surface area contributed by atoms with Crippen molar-refractivity contribution < 1.29 is 13.2 Å². The van der Waals surface area contributed by atoms with Crippen molar-refractivity contribution in [1.29, 1.82) is 0 Å². The highest BCUT2D eigenvalue weighted by atomic mass is 32.2. The smallest absolute Gasteiger partial charge is 0.273 e. The fourth-order valence-corrected chi connectivity index (χ4v) is 6.02. The average Bonchev–Trinajstić information content (AvgIpc) is 3.32. The van der Waals surface area contributed by atoms with Crippen molar-refractivity contribution in [3.63, 3.8) is 0 Å². The number of hydrogen-bond acceptors (Lipinski definition) is 6. The second kappa shape index (κ2) is 9.15. The van der Waals surface area contributed by atoms with E-state index in [4.69, 9.17) is 0 Å². The van der Waals surface area contributed by atoms with Gasteiger partial charge in [0.2, 0.25) is 0 Å². The maximum atomic E-state index is 13.2. The van der Waals surface area contributed by atoms with Crippen LogP contribution in [0.25, 0.3) is 10.6 Å². The maximum Gasteiger partial charge on any atom is 0.273 e. The predicted octanol–water partition coefficient (Wildman–Crippen LogP) is 2.78. The first-order valence-corrected chi connectivity index (χ1v) is 12.4. The number of nitrogens with zero attached hydrogens (tertiary/aromatic N) is 3. The van der Waals surface area contributed by atoms with Crippen molar-refractivity contribution in [2.45, 2.75) is 26.3 Å². The molecule has 1 fully saturated rings. The summed E-state index contributed by atoms with van der Waals surface area (Å²) >= 11 is 1.44. The summed E-state index contributed by atoms with van der Waals surface area (Å²) in [6.45, 7) is 7.21. The van der Waals surface area contributed by atoms with Crippen LogP contribution >= 0.6 is 11.3 Å². The molecule has 152 valence electrons. The fourth-order valence-electron chi connectivity index (χ4n) is 3.49. The van der Waals surface area contributed by atoms with E-state index in [0.29, 0.717) is 18.7 Å². The van der Waals surface area contributed by atoms with Gasteiger partial charge in [0.25, 0.3) is 5.91 Å². The van der Waals surface area contributed by atoms with Crippen LogP contribution in [0.5, 0.6) is 0 Å². The van der Waals surface area contributed by atoms with E-state index in [1.807, 2.05) is 30.3 Å². The van der Waals surface area contributed by atoms with Gasteiger partial charge in [0.15, 0.2) is 9.84 Å². The van der Waals surface area contributed by atoms with Crippen LogP contribution in [0.15, 0.2) is 35.7 Å². The van der Waals surface area contributed by atoms with Crippen LogP contribution in [0, 0.1) is 0 Å². The van der Waals surface area contributed by atoms with E-state index in [1.54, 1.807) is 10.3 Å². The van der Waals surface area contributed by atoms with E-state index in [0.717, 1.165) is 30.2 Å². The van der Waals surface area contributed by atoms with Gasteiger partial charge in [-0.2, -0.15) is 0 Å². The summed E-state index contributed by atoms with van der Waals surface area (Å²) in [6, 6.07) is 9.49. The average molecular weight is 422 g/mol. The molecule has 0 N–H and O–H groups in total. The molecule has 1 aromatic carbocycles. The number of rotatable bonds is 8. The summed E-state index contributed by atoms with van der Waals surface area (Å²) in [5.74, 6) is 0.0267. The standard InChI is InChI=1S/C20H27N3O3S2/c1-3-22(4-2)11-12-23(17-10-13-28(25,26)15-17)20(24)18-14-27-19(21-18)16-8-6-5-7-9-16/h5-9,14,17H,3-4,10-13,15H2,1-2H3. The topological polar surface area (TPSA) is 70.6 Å². The van der Waals surface area contributed by atoms with Gasteiger partial charge in [-0.3, -0.25) is 4.79 Å². The monoisotopic (exact) mass is 421 g/mol. The van der Waals surface area contributed by atoms with Gasteiger partial charge in [-0.15, -0.1) is 11.3 Å². The molecule has 2 heterocycles.